The first-order valence-corrected chi connectivity index (χ1v) is 9.47. The summed E-state index contributed by atoms with van der Waals surface area (Å²) >= 11 is -0.131. The summed E-state index contributed by atoms with van der Waals surface area (Å²) in [6.45, 7) is 0. The average molecular weight is 357 g/mol. The van der Waals surface area contributed by atoms with Crippen LogP contribution in [0.1, 0.15) is 0 Å². The van der Waals surface area contributed by atoms with Crippen molar-refractivity contribution < 1.29 is 0 Å². The fraction of sp³-hybridized carbons (Fsp3) is 0.250. The molecule has 0 radical (unpaired) electrons. The predicted molar refractivity (Wildman–Crippen MR) is 46.6 cm³/mol. The Balaban J connectivity index is 3.70. The number of hydrogen-bond acceptors (Lipinski definition) is 0. The maximum atomic E-state index is 2.97. The molecule has 0 rings (SSSR count). The van der Waals surface area contributed by atoms with Gasteiger partial charge in [-0.3, -0.25) is 0 Å². The van der Waals surface area contributed by atoms with E-state index in [1.54, 1.807) is 0 Å². The molecule has 0 aromatic rings. The van der Waals surface area contributed by atoms with E-state index < -0.39 is 0 Å². The summed E-state index contributed by atoms with van der Waals surface area (Å²) in [6.07, 6.45) is 0. The van der Waals surface area contributed by atoms with Gasteiger partial charge in [0.05, 0.1) is 0 Å². The summed E-state index contributed by atoms with van der Waals surface area (Å²) in [5, 5.41) is 0. The molecule has 0 aromatic carbocycles. The molecule has 50 valence electrons. The molecule has 10 heavy (non-hydrogen) atoms. The molecule has 0 atom stereocenters. The summed E-state index contributed by atoms with van der Waals surface area (Å²) in [5.41, 5.74) is 0. The minimum atomic E-state index is -0.0655. The van der Waals surface area contributed by atoms with Crippen molar-refractivity contribution in [2.75, 3.05) is 0 Å². The fourth-order valence-corrected chi connectivity index (χ4v) is 1.09. The average Bonchev–Trinajstić information content (AvgIpc) is 1.97. The molecule has 0 saturated heterocycles. The predicted octanol–water partition coefficient (Wildman–Crippen LogP) is 0.416. The van der Waals surface area contributed by atoms with Gasteiger partial charge in [-0.05, 0) is 0 Å². The van der Waals surface area contributed by atoms with Gasteiger partial charge in [-0.2, -0.15) is 0 Å². The normalized spacial score (nSPS) is 5.40. The summed E-state index contributed by atoms with van der Waals surface area (Å²) in [7, 11) is 0. The molecule has 0 amide bonds. The van der Waals surface area contributed by atoms with Gasteiger partial charge in [0.1, 0.15) is 0 Å². The van der Waals surface area contributed by atoms with Crippen LogP contribution < -0.4 is 0 Å². The third-order valence-electron chi connectivity index (χ3n) is 0.494. The van der Waals surface area contributed by atoms with E-state index in [0.29, 0.717) is 0 Å². The van der Waals surface area contributed by atoms with Crippen LogP contribution in [0.15, 0.2) is 0 Å². The van der Waals surface area contributed by atoms with Crippen molar-refractivity contribution in [1.82, 2.24) is 0 Å². The Hall–Kier alpha value is 0.259. The molecule has 0 nitrogen and oxygen atoms in total. The van der Waals surface area contributed by atoms with Crippen molar-refractivity contribution in [1.29, 1.82) is 0 Å². The van der Waals surface area contributed by atoms with Crippen LogP contribution in [0.2, 0.25) is 9.94 Å². The van der Waals surface area contributed by atoms with Crippen LogP contribution in [0.25, 0.3) is 0 Å². The maximum absolute atomic E-state index is 2.97. The SMILES string of the molecule is C[Te]C#CC#CC#C[Te]C. The van der Waals surface area contributed by atoms with Gasteiger partial charge in [0, 0.05) is 0 Å². The second-order valence-corrected chi connectivity index (χ2v) is 4.61. The Bertz CT molecular complexity index is 220. The van der Waals surface area contributed by atoms with Gasteiger partial charge in [-0.25, -0.2) is 0 Å². The zero-order valence-corrected chi connectivity index (χ0v) is 10.5. The quantitative estimate of drug-likeness (QED) is 0.435. The summed E-state index contributed by atoms with van der Waals surface area (Å²) in [5.74, 6) is 10.9. The van der Waals surface area contributed by atoms with E-state index in [-0.39, 0.29) is 41.8 Å². The number of rotatable bonds is 0. The fourth-order valence-electron chi connectivity index (χ4n) is 0.216. The first-order valence-electron chi connectivity index (χ1n) is 2.47. The first kappa shape index (κ1) is 10.3. The van der Waals surface area contributed by atoms with E-state index in [0.717, 1.165) is 0 Å². The Labute approximate surface area is 82.7 Å². The van der Waals surface area contributed by atoms with E-state index in [4.69, 9.17) is 0 Å². The Morgan fingerprint density at radius 2 is 1.10 bits per heavy atom. The minimum absolute atomic E-state index is 0.0655. The van der Waals surface area contributed by atoms with E-state index in [9.17, 15) is 0 Å². The van der Waals surface area contributed by atoms with Crippen LogP contribution in [0.5, 0.6) is 0 Å². The van der Waals surface area contributed by atoms with Gasteiger partial charge in [0.25, 0.3) is 0 Å². The third kappa shape index (κ3) is 8.26. The number of hydrogen-bond donors (Lipinski definition) is 0. The van der Waals surface area contributed by atoms with Gasteiger partial charge in [0.2, 0.25) is 0 Å². The molecule has 0 aliphatic heterocycles. The standard InChI is InChI=1S/C8H6Te2/c1-9-7-5-3-4-6-8-10-2/h1-2H3. The van der Waals surface area contributed by atoms with Crippen molar-refractivity contribution in [3.05, 3.63) is 0 Å². The van der Waals surface area contributed by atoms with Crippen LogP contribution in [-0.4, -0.2) is 41.8 Å². The molecule has 0 fully saturated rings. The molecule has 0 aliphatic rings. The van der Waals surface area contributed by atoms with Crippen molar-refractivity contribution in [2.24, 2.45) is 0 Å². The van der Waals surface area contributed by atoms with Crippen LogP contribution in [-0.2, 0) is 0 Å². The molecule has 0 aromatic heterocycles. The molecule has 0 bridgehead atoms. The van der Waals surface area contributed by atoms with Crippen LogP contribution in [0, 0.1) is 31.6 Å². The van der Waals surface area contributed by atoms with E-state index in [2.05, 4.69) is 41.6 Å². The van der Waals surface area contributed by atoms with Crippen LogP contribution >= 0.6 is 0 Å². The van der Waals surface area contributed by atoms with Gasteiger partial charge >= 0.3 is 83.4 Å². The van der Waals surface area contributed by atoms with E-state index in [1.807, 2.05) is 0 Å². The zero-order chi connectivity index (χ0) is 7.66. The van der Waals surface area contributed by atoms with Gasteiger partial charge in [0.15, 0.2) is 0 Å². The van der Waals surface area contributed by atoms with Crippen molar-refractivity contribution in [2.45, 2.75) is 9.94 Å². The summed E-state index contributed by atoms with van der Waals surface area (Å²) < 4.78 is 5.95. The van der Waals surface area contributed by atoms with Gasteiger partial charge in [-0.1, -0.05) is 0 Å². The summed E-state index contributed by atoms with van der Waals surface area (Å²) in [6, 6.07) is 0. The second kappa shape index (κ2) is 9.26. The first-order chi connectivity index (χ1) is 4.91. The molecule has 0 spiro atoms. The van der Waals surface area contributed by atoms with Crippen LogP contribution in [0.3, 0.4) is 0 Å². The molecule has 2 heteroatoms. The molecule has 0 unspecified atom stereocenters. The monoisotopic (exact) mass is 362 g/mol. The van der Waals surface area contributed by atoms with Crippen LogP contribution in [0.4, 0.5) is 0 Å². The molecular weight excluding hydrogens is 351 g/mol. The molecule has 0 N–H and O–H groups in total. The van der Waals surface area contributed by atoms with E-state index in [1.165, 1.54) is 0 Å². The Morgan fingerprint density at radius 1 is 0.700 bits per heavy atom. The van der Waals surface area contributed by atoms with Gasteiger partial charge in [-0.15, -0.1) is 0 Å². The molecular formula is C8H6Te2. The topological polar surface area (TPSA) is 0 Å². The van der Waals surface area contributed by atoms with Crippen molar-refractivity contribution >= 4 is 41.8 Å². The molecule has 0 saturated carbocycles. The van der Waals surface area contributed by atoms with Crippen molar-refractivity contribution in [3.8, 4) is 31.6 Å². The Kier molecular flexibility index (Phi) is 9.50. The Morgan fingerprint density at radius 3 is 1.40 bits per heavy atom. The molecule has 0 heterocycles. The second-order valence-electron chi connectivity index (χ2n) is 1.11. The van der Waals surface area contributed by atoms with Crippen molar-refractivity contribution in [3.63, 3.8) is 0 Å². The zero-order valence-electron chi connectivity index (χ0n) is 5.82. The van der Waals surface area contributed by atoms with Gasteiger partial charge < -0.3 is 0 Å². The third-order valence-corrected chi connectivity index (χ3v) is 2.24. The molecule has 0 aliphatic carbocycles. The van der Waals surface area contributed by atoms with E-state index >= 15 is 0 Å². The summed E-state index contributed by atoms with van der Waals surface area (Å²) in [4.78, 5) is 4.26.